The van der Waals surface area contributed by atoms with Crippen molar-refractivity contribution < 1.29 is 17.9 Å². The molecule has 0 aromatic heterocycles. The van der Waals surface area contributed by atoms with Crippen molar-refractivity contribution in [2.75, 3.05) is 42.5 Å². The highest BCUT2D eigenvalue weighted by Gasteiger charge is 2.45. The van der Waals surface area contributed by atoms with Gasteiger partial charge < -0.3 is 20.3 Å². The molecule has 7 heteroatoms. The highest BCUT2D eigenvalue weighted by Crippen LogP contribution is 2.43. The average Bonchev–Trinajstić information content (AvgIpc) is 2.67. The van der Waals surface area contributed by atoms with E-state index in [-0.39, 0.29) is 5.75 Å². The van der Waals surface area contributed by atoms with Gasteiger partial charge in [0.2, 0.25) is 0 Å². The Kier molecular flexibility index (Phi) is 5.34. The quantitative estimate of drug-likeness (QED) is 0.810. The minimum atomic E-state index is -4.65. The molecule has 4 nitrogen and oxygen atoms in total. The number of benzene rings is 2. The van der Waals surface area contributed by atoms with Crippen molar-refractivity contribution in [2.45, 2.75) is 25.6 Å². The minimum absolute atomic E-state index is 0.178. The molecule has 156 valence electrons. The zero-order valence-corrected chi connectivity index (χ0v) is 16.3. The molecule has 2 aromatic carbocycles. The highest BCUT2D eigenvalue weighted by atomic mass is 19.4. The molecule has 0 unspecified atom stereocenters. The molecular formula is C22H26F3N3O. The van der Waals surface area contributed by atoms with Crippen molar-refractivity contribution in [1.29, 1.82) is 0 Å². The van der Waals surface area contributed by atoms with Crippen molar-refractivity contribution >= 4 is 11.4 Å². The molecule has 29 heavy (non-hydrogen) atoms. The van der Waals surface area contributed by atoms with Crippen molar-refractivity contribution in [3.63, 3.8) is 0 Å². The summed E-state index contributed by atoms with van der Waals surface area (Å²) < 4.78 is 40.8. The number of rotatable bonds is 5. The lowest BCUT2D eigenvalue weighted by molar-refractivity contribution is -0.274. The number of hydrogen-bond acceptors (Lipinski definition) is 4. The van der Waals surface area contributed by atoms with Crippen LogP contribution in [0.5, 0.6) is 5.75 Å². The third-order valence-electron chi connectivity index (χ3n) is 6.05. The first-order valence-corrected chi connectivity index (χ1v) is 10.0. The van der Waals surface area contributed by atoms with Crippen molar-refractivity contribution in [3.05, 3.63) is 54.1 Å². The maximum absolute atomic E-state index is 12.3. The molecule has 0 bridgehead atoms. The van der Waals surface area contributed by atoms with E-state index in [4.69, 9.17) is 5.73 Å². The number of ether oxygens (including phenoxy) is 1. The van der Waals surface area contributed by atoms with Gasteiger partial charge in [-0.15, -0.1) is 13.2 Å². The van der Waals surface area contributed by atoms with Gasteiger partial charge in [-0.25, -0.2) is 0 Å². The van der Waals surface area contributed by atoms with Gasteiger partial charge in [-0.2, -0.15) is 0 Å². The number of alkyl halides is 3. The Morgan fingerprint density at radius 2 is 1.41 bits per heavy atom. The van der Waals surface area contributed by atoms with Gasteiger partial charge in [-0.3, -0.25) is 0 Å². The van der Waals surface area contributed by atoms with Crippen LogP contribution in [0.1, 0.15) is 18.4 Å². The fraction of sp³-hybridized carbons (Fsp3) is 0.455. The summed E-state index contributed by atoms with van der Waals surface area (Å²) in [6.07, 6.45) is -1.49. The molecule has 2 N–H and O–H groups in total. The van der Waals surface area contributed by atoms with Crippen LogP contribution < -0.4 is 20.3 Å². The van der Waals surface area contributed by atoms with Crippen LogP contribution in [0.3, 0.4) is 0 Å². The van der Waals surface area contributed by atoms with E-state index >= 15 is 0 Å². The normalized spacial score (nSPS) is 18.6. The lowest BCUT2D eigenvalue weighted by atomic mass is 9.71. The second kappa shape index (κ2) is 7.78. The number of nitrogens with zero attached hydrogens (tertiary/aromatic N) is 2. The number of halogens is 3. The first-order valence-electron chi connectivity index (χ1n) is 10.0. The van der Waals surface area contributed by atoms with E-state index in [1.165, 1.54) is 23.4 Å². The number of nitrogens with two attached hydrogens (primary N) is 1. The Labute approximate surface area is 169 Å². The monoisotopic (exact) mass is 405 g/mol. The summed E-state index contributed by atoms with van der Waals surface area (Å²) in [6, 6.07) is 14.8. The Morgan fingerprint density at radius 1 is 0.862 bits per heavy atom. The molecule has 2 saturated heterocycles. The molecule has 2 aromatic rings. The van der Waals surface area contributed by atoms with Gasteiger partial charge in [0.25, 0.3) is 0 Å². The Morgan fingerprint density at radius 3 is 1.97 bits per heavy atom. The van der Waals surface area contributed by atoms with E-state index in [0.29, 0.717) is 12.0 Å². The molecule has 2 aliphatic heterocycles. The fourth-order valence-electron chi connectivity index (χ4n) is 4.40. The van der Waals surface area contributed by atoms with Gasteiger partial charge in [0, 0.05) is 43.0 Å². The summed E-state index contributed by atoms with van der Waals surface area (Å²) in [7, 11) is 0. The third kappa shape index (κ3) is 4.61. The van der Waals surface area contributed by atoms with Gasteiger partial charge in [0.1, 0.15) is 5.75 Å². The number of anilines is 2. The highest BCUT2D eigenvalue weighted by molar-refractivity contribution is 5.53. The molecule has 0 radical (unpaired) electrons. The van der Waals surface area contributed by atoms with Gasteiger partial charge in [0.05, 0.1) is 0 Å². The Bertz CT molecular complexity index is 805. The average molecular weight is 405 g/mol. The molecule has 2 aliphatic rings. The van der Waals surface area contributed by atoms with E-state index in [9.17, 15) is 13.2 Å². The summed E-state index contributed by atoms with van der Waals surface area (Å²) in [6.45, 7) is 4.64. The zero-order chi connectivity index (χ0) is 20.5. The van der Waals surface area contributed by atoms with E-state index in [0.717, 1.165) is 51.1 Å². The van der Waals surface area contributed by atoms with Crippen LogP contribution in [0.15, 0.2) is 48.5 Å². The van der Waals surface area contributed by atoms with Gasteiger partial charge in [0.15, 0.2) is 0 Å². The minimum Gasteiger partial charge on any atom is -0.406 e. The Hall–Kier alpha value is -2.41. The number of piperidine rings is 1. The SMILES string of the molecule is NCCc1ccc(N2CCC3(CC2)CN(c2ccc(OC(F)(F)F)cc2)C3)cc1. The van der Waals surface area contributed by atoms with Crippen molar-refractivity contribution in [1.82, 2.24) is 0 Å². The van der Waals surface area contributed by atoms with E-state index in [1.54, 1.807) is 12.1 Å². The molecule has 0 saturated carbocycles. The molecule has 0 amide bonds. The van der Waals surface area contributed by atoms with Gasteiger partial charge in [-0.05, 0) is 67.8 Å². The molecule has 0 atom stereocenters. The smallest absolute Gasteiger partial charge is 0.406 e. The molecule has 4 rings (SSSR count). The lowest BCUT2D eigenvalue weighted by Crippen LogP contribution is -2.60. The van der Waals surface area contributed by atoms with Crippen molar-refractivity contribution in [3.8, 4) is 5.75 Å². The van der Waals surface area contributed by atoms with E-state index < -0.39 is 6.36 Å². The van der Waals surface area contributed by atoms with Crippen LogP contribution in [0.25, 0.3) is 0 Å². The van der Waals surface area contributed by atoms with Crippen LogP contribution in [0, 0.1) is 5.41 Å². The van der Waals surface area contributed by atoms with Gasteiger partial charge in [-0.1, -0.05) is 12.1 Å². The van der Waals surface area contributed by atoms with Crippen LogP contribution >= 0.6 is 0 Å². The molecule has 1 spiro atoms. The third-order valence-corrected chi connectivity index (χ3v) is 6.05. The van der Waals surface area contributed by atoms with Crippen LogP contribution in [-0.4, -0.2) is 39.1 Å². The maximum Gasteiger partial charge on any atom is 0.573 e. The molecule has 2 fully saturated rings. The maximum atomic E-state index is 12.3. The van der Waals surface area contributed by atoms with E-state index in [1.807, 2.05) is 0 Å². The largest absolute Gasteiger partial charge is 0.573 e. The second-order valence-corrected chi connectivity index (χ2v) is 8.09. The summed E-state index contributed by atoms with van der Waals surface area (Å²) in [5.74, 6) is -0.178. The number of hydrogen-bond donors (Lipinski definition) is 1. The first kappa shape index (κ1) is 19.9. The molecule has 2 heterocycles. The lowest BCUT2D eigenvalue weighted by Gasteiger charge is -2.55. The molecule has 0 aliphatic carbocycles. The first-order chi connectivity index (χ1) is 13.9. The van der Waals surface area contributed by atoms with E-state index in [2.05, 4.69) is 38.8 Å². The van der Waals surface area contributed by atoms with Crippen LogP contribution in [0.2, 0.25) is 0 Å². The predicted octanol–water partition coefficient (Wildman–Crippen LogP) is 4.19. The fourth-order valence-corrected chi connectivity index (χ4v) is 4.40. The van der Waals surface area contributed by atoms with Crippen molar-refractivity contribution in [2.24, 2.45) is 11.1 Å². The van der Waals surface area contributed by atoms with Gasteiger partial charge >= 0.3 is 6.36 Å². The summed E-state index contributed by atoms with van der Waals surface area (Å²) in [5, 5.41) is 0. The zero-order valence-electron chi connectivity index (χ0n) is 16.3. The summed E-state index contributed by atoms with van der Waals surface area (Å²) in [5.41, 5.74) is 9.41. The van der Waals surface area contributed by atoms with Crippen LogP contribution in [-0.2, 0) is 6.42 Å². The topological polar surface area (TPSA) is 41.7 Å². The second-order valence-electron chi connectivity index (χ2n) is 8.09. The Balaban J connectivity index is 1.29. The summed E-state index contributed by atoms with van der Waals surface area (Å²) in [4.78, 5) is 4.66. The summed E-state index contributed by atoms with van der Waals surface area (Å²) >= 11 is 0. The standard InChI is InChI=1S/C22H26F3N3O/c23-22(24,25)29-20-7-5-19(6-8-20)28-15-21(16-28)10-13-27(14-11-21)18-3-1-17(2-4-18)9-12-26/h1-8H,9-16,26H2. The molecular weight excluding hydrogens is 379 g/mol. The van der Waals surface area contributed by atoms with Crippen LogP contribution in [0.4, 0.5) is 24.5 Å². The predicted molar refractivity (Wildman–Crippen MR) is 108 cm³/mol.